The van der Waals surface area contributed by atoms with E-state index < -0.39 is 0 Å². The highest BCUT2D eigenvalue weighted by atomic mass is 35.5. The van der Waals surface area contributed by atoms with Crippen LogP contribution in [0.25, 0.3) is 0 Å². The van der Waals surface area contributed by atoms with E-state index in [1.807, 2.05) is 18.2 Å². The molecule has 0 fully saturated rings. The fraction of sp³-hybridized carbons (Fsp3) is 0.538. The first-order valence-corrected chi connectivity index (χ1v) is 6.63. The molecule has 0 radical (unpaired) electrons. The summed E-state index contributed by atoms with van der Waals surface area (Å²) in [6.07, 6.45) is 3.35. The predicted molar refractivity (Wildman–Crippen MR) is 74.1 cm³/mol. The number of nitrogens with one attached hydrogen (secondary N) is 1. The number of aryl methyl sites for hydroxylation is 1. The molecule has 0 saturated carbocycles. The Morgan fingerprint density at radius 3 is 2.65 bits per heavy atom. The summed E-state index contributed by atoms with van der Waals surface area (Å²) in [5, 5.41) is 4.58. The lowest BCUT2D eigenvalue weighted by atomic mass is 10.1. The van der Waals surface area contributed by atoms with Crippen LogP contribution >= 0.6 is 23.2 Å². The topological polar surface area (TPSA) is 21.3 Å². The van der Waals surface area contributed by atoms with Gasteiger partial charge in [0.05, 0.1) is 16.7 Å². The van der Waals surface area contributed by atoms with Crippen molar-refractivity contribution in [3.05, 3.63) is 33.8 Å². The fourth-order valence-corrected chi connectivity index (χ4v) is 1.89. The quantitative estimate of drug-likeness (QED) is 0.733. The molecule has 0 aliphatic carbocycles. The van der Waals surface area contributed by atoms with Gasteiger partial charge >= 0.3 is 0 Å². The molecule has 1 N–H and O–H groups in total. The second kappa shape index (κ2) is 8.76. The fourth-order valence-electron chi connectivity index (χ4n) is 1.57. The van der Waals surface area contributed by atoms with E-state index in [0.29, 0.717) is 10.0 Å². The van der Waals surface area contributed by atoms with Crippen LogP contribution in [0.4, 0.5) is 0 Å². The van der Waals surface area contributed by atoms with E-state index in [1.165, 1.54) is 5.56 Å². The van der Waals surface area contributed by atoms with Gasteiger partial charge in [-0.05, 0) is 43.5 Å². The van der Waals surface area contributed by atoms with Crippen LogP contribution in [-0.4, -0.2) is 26.8 Å². The molecule has 0 aliphatic heterocycles. The zero-order valence-corrected chi connectivity index (χ0v) is 11.7. The number of benzene rings is 1. The highest BCUT2D eigenvalue weighted by Crippen LogP contribution is 2.23. The van der Waals surface area contributed by atoms with Crippen LogP contribution in [0.15, 0.2) is 18.2 Å². The van der Waals surface area contributed by atoms with E-state index >= 15 is 0 Å². The molecular formula is C13H19Cl2NO. The van der Waals surface area contributed by atoms with E-state index in [-0.39, 0.29) is 0 Å². The first-order valence-electron chi connectivity index (χ1n) is 5.87. The zero-order valence-electron chi connectivity index (χ0n) is 10.1. The molecule has 2 nitrogen and oxygen atoms in total. The molecule has 0 spiro atoms. The first kappa shape index (κ1) is 14.8. The summed E-state index contributed by atoms with van der Waals surface area (Å²) >= 11 is 11.8. The molecule has 0 unspecified atom stereocenters. The molecule has 1 aromatic rings. The molecule has 0 atom stereocenters. The van der Waals surface area contributed by atoms with Gasteiger partial charge in [-0.1, -0.05) is 29.3 Å². The lowest BCUT2D eigenvalue weighted by Gasteiger charge is -2.05. The van der Waals surface area contributed by atoms with Gasteiger partial charge in [-0.3, -0.25) is 0 Å². The minimum atomic E-state index is 0.622. The molecular weight excluding hydrogens is 257 g/mol. The van der Waals surface area contributed by atoms with Crippen molar-refractivity contribution >= 4 is 23.2 Å². The Balaban J connectivity index is 2.11. The maximum Gasteiger partial charge on any atom is 0.0595 e. The minimum Gasteiger partial charge on any atom is -0.383 e. The van der Waals surface area contributed by atoms with Crippen LogP contribution in [0.1, 0.15) is 18.4 Å². The van der Waals surface area contributed by atoms with Crippen molar-refractivity contribution in [1.82, 2.24) is 5.32 Å². The maximum absolute atomic E-state index is 5.95. The Morgan fingerprint density at radius 2 is 1.94 bits per heavy atom. The molecule has 0 saturated heterocycles. The average molecular weight is 276 g/mol. The van der Waals surface area contributed by atoms with Crippen molar-refractivity contribution in [1.29, 1.82) is 0 Å². The lowest BCUT2D eigenvalue weighted by molar-refractivity contribution is 0.199. The predicted octanol–water partition coefficient (Wildman–Crippen LogP) is 3.55. The molecule has 0 bridgehead atoms. The van der Waals surface area contributed by atoms with Crippen LogP contribution in [0.2, 0.25) is 10.0 Å². The summed E-state index contributed by atoms with van der Waals surface area (Å²) in [5.74, 6) is 0. The molecule has 1 aromatic carbocycles. The van der Waals surface area contributed by atoms with Crippen LogP contribution in [-0.2, 0) is 11.2 Å². The summed E-state index contributed by atoms with van der Waals surface area (Å²) < 4.78 is 4.95. The monoisotopic (exact) mass is 275 g/mol. The summed E-state index contributed by atoms with van der Waals surface area (Å²) in [4.78, 5) is 0. The molecule has 17 heavy (non-hydrogen) atoms. The third kappa shape index (κ3) is 6.27. The Bertz CT molecular complexity index is 331. The smallest absolute Gasteiger partial charge is 0.0595 e. The van der Waals surface area contributed by atoms with E-state index in [0.717, 1.165) is 39.0 Å². The summed E-state index contributed by atoms with van der Waals surface area (Å²) in [5.41, 5.74) is 1.25. The Hall–Kier alpha value is -0.280. The Morgan fingerprint density at radius 1 is 1.12 bits per heavy atom. The standard InChI is InChI=1S/C13H19Cl2NO/c1-17-9-8-16-7-3-2-4-11-5-6-12(14)13(15)10-11/h5-6,10,16H,2-4,7-9H2,1H3. The van der Waals surface area contributed by atoms with Crippen molar-refractivity contribution in [3.8, 4) is 0 Å². The molecule has 0 aromatic heterocycles. The van der Waals surface area contributed by atoms with Crippen molar-refractivity contribution < 1.29 is 4.74 Å². The molecule has 96 valence electrons. The van der Waals surface area contributed by atoms with Crippen LogP contribution in [0.3, 0.4) is 0 Å². The van der Waals surface area contributed by atoms with Crippen LogP contribution < -0.4 is 5.32 Å². The third-order valence-electron chi connectivity index (χ3n) is 2.54. The molecule has 0 aliphatic rings. The first-order chi connectivity index (χ1) is 8.24. The van der Waals surface area contributed by atoms with Gasteiger partial charge in [-0.25, -0.2) is 0 Å². The van der Waals surface area contributed by atoms with Crippen molar-refractivity contribution in [3.63, 3.8) is 0 Å². The second-order valence-corrected chi connectivity index (χ2v) is 4.76. The summed E-state index contributed by atoms with van der Waals surface area (Å²) in [6.45, 7) is 2.72. The number of ether oxygens (including phenoxy) is 1. The highest BCUT2D eigenvalue weighted by molar-refractivity contribution is 6.42. The van der Waals surface area contributed by atoms with Crippen molar-refractivity contribution in [2.75, 3.05) is 26.8 Å². The minimum absolute atomic E-state index is 0.622. The maximum atomic E-state index is 5.95. The van der Waals surface area contributed by atoms with E-state index in [4.69, 9.17) is 27.9 Å². The van der Waals surface area contributed by atoms with E-state index in [1.54, 1.807) is 7.11 Å². The van der Waals surface area contributed by atoms with Crippen LogP contribution in [0, 0.1) is 0 Å². The third-order valence-corrected chi connectivity index (χ3v) is 3.28. The van der Waals surface area contributed by atoms with Crippen molar-refractivity contribution in [2.24, 2.45) is 0 Å². The van der Waals surface area contributed by atoms with Gasteiger partial charge in [0.15, 0.2) is 0 Å². The zero-order chi connectivity index (χ0) is 12.5. The Kier molecular flexibility index (Phi) is 7.62. The molecule has 1 rings (SSSR count). The number of methoxy groups -OCH3 is 1. The SMILES string of the molecule is COCCNCCCCc1ccc(Cl)c(Cl)c1. The van der Waals surface area contributed by atoms with Gasteiger partial charge in [-0.15, -0.1) is 0 Å². The number of rotatable bonds is 8. The van der Waals surface area contributed by atoms with Crippen molar-refractivity contribution in [2.45, 2.75) is 19.3 Å². The number of hydrogen-bond donors (Lipinski definition) is 1. The van der Waals surface area contributed by atoms with Gasteiger partial charge in [0, 0.05) is 13.7 Å². The number of unbranched alkanes of at least 4 members (excludes halogenated alkanes) is 1. The highest BCUT2D eigenvalue weighted by Gasteiger charge is 1.99. The van der Waals surface area contributed by atoms with Gasteiger partial charge in [-0.2, -0.15) is 0 Å². The van der Waals surface area contributed by atoms with Gasteiger partial charge in [0.2, 0.25) is 0 Å². The molecule has 0 heterocycles. The van der Waals surface area contributed by atoms with Gasteiger partial charge in [0.1, 0.15) is 0 Å². The summed E-state index contributed by atoms with van der Waals surface area (Å²) in [6, 6.07) is 5.84. The molecule has 0 amide bonds. The number of halogens is 2. The molecule has 4 heteroatoms. The Labute approximate surface area is 113 Å². The van der Waals surface area contributed by atoms with Gasteiger partial charge in [0.25, 0.3) is 0 Å². The lowest BCUT2D eigenvalue weighted by Crippen LogP contribution is -2.20. The second-order valence-electron chi connectivity index (χ2n) is 3.95. The van der Waals surface area contributed by atoms with E-state index in [9.17, 15) is 0 Å². The largest absolute Gasteiger partial charge is 0.383 e. The normalized spacial score (nSPS) is 10.8. The van der Waals surface area contributed by atoms with Gasteiger partial charge < -0.3 is 10.1 Å². The number of hydrogen-bond acceptors (Lipinski definition) is 2. The summed E-state index contributed by atoms with van der Waals surface area (Å²) in [7, 11) is 1.71. The van der Waals surface area contributed by atoms with E-state index in [2.05, 4.69) is 5.32 Å². The average Bonchev–Trinajstić information content (AvgIpc) is 2.32. The van der Waals surface area contributed by atoms with Crippen LogP contribution in [0.5, 0.6) is 0 Å².